The van der Waals surface area contributed by atoms with Crippen LogP contribution in [0, 0.1) is 0 Å². The fourth-order valence-electron chi connectivity index (χ4n) is 1.40. The second kappa shape index (κ2) is 5.42. The van der Waals surface area contributed by atoms with Crippen molar-refractivity contribution in [1.29, 1.82) is 0 Å². The van der Waals surface area contributed by atoms with Gasteiger partial charge in [0.2, 0.25) is 0 Å². The fourth-order valence-corrected chi connectivity index (χ4v) is 2.29. The van der Waals surface area contributed by atoms with Gasteiger partial charge in [0, 0.05) is 21.7 Å². The molecule has 0 aliphatic carbocycles. The average Bonchev–Trinajstić information content (AvgIpc) is 2.62. The van der Waals surface area contributed by atoms with E-state index < -0.39 is 0 Å². The van der Waals surface area contributed by atoms with E-state index in [1.54, 1.807) is 6.20 Å². The standard InChI is InChI=1S/C11H10Br2ClN3/c1-17-10(14)5-16-11(17)6-15-9-4-7(12)2-3-8(9)13/h2-5,15H,6H2,1H3. The van der Waals surface area contributed by atoms with Crippen LogP contribution >= 0.6 is 43.5 Å². The summed E-state index contributed by atoms with van der Waals surface area (Å²) in [6.45, 7) is 0.623. The summed E-state index contributed by atoms with van der Waals surface area (Å²) in [7, 11) is 1.89. The van der Waals surface area contributed by atoms with Crippen molar-refractivity contribution in [3.8, 4) is 0 Å². The Balaban J connectivity index is 2.12. The van der Waals surface area contributed by atoms with E-state index in [9.17, 15) is 0 Å². The molecule has 2 aromatic rings. The molecule has 0 bridgehead atoms. The van der Waals surface area contributed by atoms with Crippen LogP contribution in [-0.4, -0.2) is 9.55 Å². The minimum Gasteiger partial charge on any atom is -0.377 e. The lowest BCUT2D eigenvalue weighted by Gasteiger charge is -2.09. The van der Waals surface area contributed by atoms with Gasteiger partial charge in [-0.1, -0.05) is 27.5 Å². The number of imidazole rings is 1. The monoisotopic (exact) mass is 377 g/mol. The summed E-state index contributed by atoms with van der Waals surface area (Å²) in [5.41, 5.74) is 1.01. The topological polar surface area (TPSA) is 29.9 Å². The Labute approximate surface area is 121 Å². The average molecular weight is 379 g/mol. The van der Waals surface area contributed by atoms with E-state index in [4.69, 9.17) is 11.6 Å². The van der Waals surface area contributed by atoms with Crippen molar-refractivity contribution in [2.24, 2.45) is 7.05 Å². The van der Waals surface area contributed by atoms with E-state index in [0.717, 1.165) is 20.5 Å². The van der Waals surface area contributed by atoms with Crippen LogP contribution in [-0.2, 0) is 13.6 Å². The van der Waals surface area contributed by atoms with Gasteiger partial charge >= 0.3 is 0 Å². The molecule has 3 nitrogen and oxygen atoms in total. The van der Waals surface area contributed by atoms with Crippen LogP contribution in [0.3, 0.4) is 0 Å². The summed E-state index contributed by atoms with van der Waals surface area (Å²) < 4.78 is 3.89. The number of halogens is 3. The third kappa shape index (κ3) is 3.03. The van der Waals surface area contributed by atoms with Crippen LogP contribution in [0.4, 0.5) is 5.69 Å². The number of nitrogens with zero attached hydrogens (tertiary/aromatic N) is 2. The zero-order valence-corrected chi connectivity index (χ0v) is 13.0. The summed E-state index contributed by atoms with van der Waals surface area (Å²) in [5, 5.41) is 3.94. The fraction of sp³-hybridized carbons (Fsp3) is 0.182. The van der Waals surface area contributed by atoms with Crippen LogP contribution in [0.5, 0.6) is 0 Å². The van der Waals surface area contributed by atoms with Gasteiger partial charge in [-0.15, -0.1) is 0 Å². The SMILES string of the molecule is Cn1c(Cl)cnc1CNc1cc(Br)ccc1Br. The van der Waals surface area contributed by atoms with E-state index in [2.05, 4.69) is 42.2 Å². The molecule has 0 saturated carbocycles. The van der Waals surface area contributed by atoms with Gasteiger partial charge in [-0.25, -0.2) is 4.98 Å². The smallest absolute Gasteiger partial charge is 0.128 e. The Bertz CT molecular complexity index is 540. The molecule has 1 N–H and O–H groups in total. The predicted octanol–water partition coefficient (Wildman–Crippen LogP) is 4.21. The summed E-state index contributed by atoms with van der Waals surface area (Å²) >= 11 is 12.9. The van der Waals surface area contributed by atoms with Crippen LogP contribution in [0.25, 0.3) is 0 Å². The van der Waals surface area contributed by atoms with Gasteiger partial charge in [0.25, 0.3) is 0 Å². The van der Waals surface area contributed by atoms with Crippen molar-refractivity contribution in [2.75, 3.05) is 5.32 Å². The quantitative estimate of drug-likeness (QED) is 0.866. The van der Waals surface area contributed by atoms with Gasteiger partial charge in [-0.2, -0.15) is 0 Å². The zero-order chi connectivity index (χ0) is 12.4. The maximum atomic E-state index is 5.92. The number of hydrogen-bond acceptors (Lipinski definition) is 2. The van der Waals surface area contributed by atoms with Gasteiger partial charge in [0.05, 0.1) is 12.7 Å². The van der Waals surface area contributed by atoms with E-state index >= 15 is 0 Å². The molecule has 0 amide bonds. The zero-order valence-electron chi connectivity index (χ0n) is 9.04. The number of aromatic nitrogens is 2. The third-order valence-corrected chi connectivity index (χ3v) is 3.93. The maximum absolute atomic E-state index is 5.92. The maximum Gasteiger partial charge on any atom is 0.128 e. The molecule has 0 aliphatic heterocycles. The Morgan fingerprint density at radius 1 is 1.41 bits per heavy atom. The van der Waals surface area contributed by atoms with Crippen molar-refractivity contribution < 1.29 is 0 Å². The molecule has 0 fully saturated rings. The lowest BCUT2D eigenvalue weighted by atomic mass is 10.3. The lowest BCUT2D eigenvalue weighted by Crippen LogP contribution is -2.06. The van der Waals surface area contributed by atoms with Gasteiger partial charge in [0.1, 0.15) is 11.0 Å². The number of nitrogens with one attached hydrogen (secondary N) is 1. The highest BCUT2D eigenvalue weighted by Gasteiger charge is 2.05. The Kier molecular flexibility index (Phi) is 4.12. The summed E-state index contributed by atoms with van der Waals surface area (Å²) in [6.07, 6.45) is 1.65. The minimum atomic E-state index is 0.623. The number of benzene rings is 1. The van der Waals surface area contributed by atoms with Crippen molar-refractivity contribution in [1.82, 2.24) is 9.55 Å². The molecule has 1 aromatic heterocycles. The van der Waals surface area contributed by atoms with Crippen molar-refractivity contribution in [3.05, 3.63) is 44.3 Å². The summed E-state index contributed by atoms with van der Waals surface area (Å²) in [6, 6.07) is 5.97. The molecular weight excluding hydrogens is 369 g/mol. The number of anilines is 1. The lowest BCUT2D eigenvalue weighted by molar-refractivity contribution is 0.813. The van der Waals surface area contributed by atoms with Gasteiger partial charge in [-0.05, 0) is 34.1 Å². The Morgan fingerprint density at radius 2 is 2.18 bits per heavy atom. The first-order chi connectivity index (χ1) is 8.08. The highest BCUT2D eigenvalue weighted by Crippen LogP contribution is 2.26. The number of rotatable bonds is 3. The van der Waals surface area contributed by atoms with Crippen LogP contribution in [0.2, 0.25) is 5.15 Å². The first-order valence-corrected chi connectivity index (χ1v) is 6.89. The first-order valence-electron chi connectivity index (χ1n) is 4.93. The molecule has 6 heteroatoms. The third-order valence-electron chi connectivity index (χ3n) is 2.39. The van der Waals surface area contributed by atoms with Gasteiger partial charge < -0.3 is 9.88 Å². The van der Waals surface area contributed by atoms with E-state index in [1.807, 2.05) is 29.8 Å². The molecule has 0 radical (unpaired) electrons. The Hall–Kier alpha value is -0.520. The molecule has 2 rings (SSSR count). The molecule has 0 saturated heterocycles. The van der Waals surface area contributed by atoms with Crippen LogP contribution in [0.15, 0.2) is 33.3 Å². The molecular formula is C11H10Br2ClN3. The summed E-state index contributed by atoms with van der Waals surface area (Å²) in [4.78, 5) is 4.22. The van der Waals surface area contributed by atoms with Crippen LogP contribution < -0.4 is 5.32 Å². The molecule has 1 aromatic carbocycles. The molecule has 0 aliphatic rings. The van der Waals surface area contributed by atoms with Gasteiger partial charge in [-0.3, -0.25) is 0 Å². The largest absolute Gasteiger partial charge is 0.377 e. The highest BCUT2D eigenvalue weighted by atomic mass is 79.9. The number of hydrogen-bond donors (Lipinski definition) is 1. The molecule has 0 atom stereocenters. The second-order valence-electron chi connectivity index (χ2n) is 3.53. The molecule has 17 heavy (non-hydrogen) atoms. The van der Waals surface area contributed by atoms with E-state index in [0.29, 0.717) is 11.7 Å². The molecule has 0 unspecified atom stereocenters. The highest BCUT2D eigenvalue weighted by molar-refractivity contribution is 9.11. The van der Waals surface area contributed by atoms with Crippen LogP contribution in [0.1, 0.15) is 5.82 Å². The minimum absolute atomic E-state index is 0.623. The second-order valence-corrected chi connectivity index (χ2v) is 5.69. The first kappa shape index (κ1) is 12.9. The molecule has 0 spiro atoms. The van der Waals surface area contributed by atoms with E-state index in [1.165, 1.54) is 0 Å². The van der Waals surface area contributed by atoms with Crippen molar-refractivity contribution in [2.45, 2.75) is 6.54 Å². The molecule has 90 valence electrons. The van der Waals surface area contributed by atoms with E-state index in [-0.39, 0.29) is 0 Å². The molecule has 1 heterocycles. The summed E-state index contributed by atoms with van der Waals surface area (Å²) in [5.74, 6) is 0.891. The van der Waals surface area contributed by atoms with Crippen molar-refractivity contribution >= 4 is 49.1 Å². The Morgan fingerprint density at radius 3 is 2.82 bits per heavy atom. The predicted molar refractivity (Wildman–Crippen MR) is 77.4 cm³/mol. The van der Waals surface area contributed by atoms with Crippen molar-refractivity contribution in [3.63, 3.8) is 0 Å². The van der Waals surface area contributed by atoms with Gasteiger partial charge in [0.15, 0.2) is 0 Å². The normalized spacial score (nSPS) is 10.6.